The molecule has 0 atom stereocenters. The fourth-order valence-electron chi connectivity index (χ4n) is 2.09. The van der Waals surface area contributed by atoms with Gasteiger partial charge in [0.1, 0.15) is 5.75 Å². The lowest BCUT2D eigenvalue weighted by molar-refractivity contribution is 0.340. The highest BCUT2D eigenvalue weighted by Gasteiger charge is 2.08. The fourth-order valence-corrected chi connectivity index (χ4v) is 2.09. The Morgan fingerprint density at radius 2 is 1.90 bits per heavy atom. The van der Waals surface area contributed by atoms with E-state index in [1.807, 2.05) is 44.2 Å². The molecule has 5 heteroatoms. The van der Waals surface area contributed by atoms with E-state index >= 15 is 0 Å². The van der Waals surface area contributed by atoms with Crippen molar-refractivity contribution in [3.05, 3.63) is 42.4 Å². The molecule has 0 amide bonds. The quantitative estimate of drug-likeness (QED) is 0.730. The number of aromatic nitrogens is 4. The van der Waals surface area contributed by atoms with Crippen LogP contribution in [0.4, 0.5) is 0 Å². The van der Waals surface area contributed by atoms with E-state index in [1.165, 1.54) is 0 Å². The third kappa shape index (κ3) is 2.22. The first kappa shape index (κ1) is 12.6. The van der Waals surface area contributed by atoms with Gasteiger partial charge >= 0.3 is 0 Å². The first-order chi connectivity index (χ1) is 9.81. The van der Waals surface area contributed by atoms with Crippen LogP contribution in [0.5, 0.6) is 5.75 Å². The molecule has 3 rings (SSSR count). The van der Waals surface area contributed by atoms with Gasteiger partial charge in [-0.1, -0.05) is 6.92 Å². The Labute approximate surface area is 117 Å². The first-order valence-electron chi connectivity index (χ1n) is 6.75. The molecule has 0 radical (unpaired) electrons. The summed E-state index contributed by atoms with van der Waals surface area (Å²) in [6, 6.07) is 9.91. The van der Waals surface area contributed by atoms with Gasteiger partial charge in [-0.15, -0.1) is 5.10 Å². The van der Waals surface area contributed by atoms with Gasteiger partial charge in [-0.2, -0.15) is 9.50 Å². The largest absolute Gasteiger partial charge is 0.494 e. The lowest BCUT2D eigenvalue weighted by atomic mass is 10.1. The van der Waals surface area contributed by atoms with Gasteiger partial charge in [0.05, 0.1) is 12.3 Å². The summed E-state index contributed by atoms with van der Waals surface area (Å²) < 4.78 is 7.24. The second kappa shape index (κ2) is 5.28. The van der Waals surface area contributed by atoms with Crippen LogP contribution in [0.15, 0.2) is 36.5 Å². The molecule has 1 aromatic carbocycles. The molecule has 2 heterocycles. The normalized spacial score (nSPS) is 10.9. The van der Waals surface area contributed by atoms with Crippen LogP contribution in [0.2, 0.25) is 0 Å². The summed E-state index contributed by atoms with van der Waals surface area (Å²) in [6.07, 6.45) is 2.56. The number of aryl methyl sites for hydroxylation is 1. The molecule has 102 valence electrons. The van der Waals surface area contributed by atoms with Gasteiger partial charge in [-0.05, 0) is 37.3 Å². The van der Waals surface area contributed by atoms with E-state index in [0.29, 0.717) is 12.4 Å². The van der Waals surface area contributed by atoms with Crippen molar-refractivity contribution in [1.82, 2.24) is 19.6 Å². The summed E-state index contributed by atoms with van der Waals surface area (Å²) in [5.74, 6) is 2.30. The molecular weight excluding hydrogens is 252 g/mol. The van der Waals surface area contributed by atoms with E-state index in [-0.39, 0.29) is 0 Å². The topological polar surface area (TPSA) is 52.3 Å². The second-order valence-electron chi connectivity index (χ2n) is 4.38. The maximum atomic E-state index is 5.46. The van der Waals surface area contributed by atoms with Crippen molar-refractivity contribution in [1.29, 1.82) is 0 Å². The molecule has 3 aromatic rings. The fraction of sp³-hybridized carbons (Fsp3) is 0.267. The minimum Gasteiger partial charge on any atom is -0.494 e. The van der Waals surface area contributed by atoms with Crippen molar-refractivity contribution in [2.45, 2.75) is 20.3 Å². The lowest BCUT2D eigenvalue weighted by Gasteiger charge is -2.06. The van der Waals surface area contributed by atoms with Crippen molar-refractivity contribution in [2.24, 2.45) is 0 Å². The second-order valence-corrected chi connectivity index (χ2v) is 4.38. The SMILES string of the molecule is CCOc1ccc(-c2ccnc3nc(CC)nn23)cc1. The molecule has 0 aliphatic heterocycles. The van der Waals surface area contributed by atoms with Crippen LogP contribution in [0.1, 0.15) is 19.7 Å². The summed E-state index contributed by atoms with van der Waals surface area (Å²) in [6.45, 7) is 4.68. The molecule has 5 nitrogen and oxygen atoms in total. The maximum Gasteiger partial charge on any atom is 0.252 e. The highest BCUT2D eigenvalue weighted by molar-refractivity contribution is 5.62. The van der Waals surface area contributed by atoms with Gasteiger partial charge < -0.3 is 4.74 Å². The average Bonchev–Trinajstić information content (AvgIpc) is 2.91. The van der Waals surface area contributed by atoms with Crippen LogP contribution in [0.25, 0.3) is 17.0 Å². The highest BCUT2D eigenvalue weighted by atomic mass is 16.5. The number of benzene rings is 1. The third-order valence-electron chi connectivity index (χ3n) is 3.06. The van der Waals surface area contributed by atoms with Crippen molar-refractivity contribution >= 4 is 5.78 Å². The van der Waals surface area contributed by atoms with Crippen LogP contribution in [0.3, 0.4) is 0 Å². The van der Waals surface area contributed by atoms with E-state index in [0.717, 1.165) is 29.3 Å². The van der Waals surface area contributed by atoms with Crippen molar-refractivity contribution < 1.29 is 4.74 Å². The van der Waals surface area contributed by atoms with Gasteiger partial charge in [-0.3, -0.25) is 0 Å². The Balaban J connectivity index is 2.06. The molecule has 0 saturated carbocycles. The summed E-state index contributed by atoms with van der Waals surface area (Å²) in [5, 5.41) is 4.48. The van der Waals surface area contributed by atoms with Crippen LogP contribution >= 0.6 is 0 Å². The molecule has 0 bridgehead atoms. The average molecular weight is 268 g/mol. The number of fused-ring (bicyclic) bond motifs is 1. The predicted octanol–water partition coefficient (Wildman–Crippen LogP) is 2.75. The molecule has 0 saturated heterocycles. The van der Waals surface area contributed by atoms with E-state index in [9.17, 15) is 0 Å². The molecule has 20 heavy (non-hydrogen) atoms. The number of hydrogen-bond acceptors (Lipinski definition) is 4. The molecule has 0 aliphatic carbocycles. The van der Waals surface area contributed by atoms with Crippen LogP contribution in [-0.4, -0.2) is 26.2 Å². The molecule has 0 aliphatic rings. The molecular formula is C15H16N4O. The Kier molecular flexibility index (Phi) is 3.33. The lowest BCUT2D eigenvalue weighted by Crippen LogP contribution is -1.96. The monoisotopic (exact) mass is 268 g/mol. The maximum absolute atomic E-state index is 5.46. The Bertz CT molecular complexity index is 718. The minimum absolute atomic E-state index is 0.633. The van der Waals surface area contributed by atoms with Crippen LogP contribution in [0, 0.1) is 0 Å². The Hall–Kier alpha value is -2.43. The third-order valence-corrected chi connectivity index (χ3v) is 3.06. The number of nitrogens with zero attached hydrogens (tertiary/aromatic N) is 4. The van der Waals surface area contributed by atoms with E-state index in [1.54, 1.807) is 10.7 Å². The van der Waals surface area contributed by atoms with Gasteiger partial charge in [0.25, 0.3) is 5.78 Å². The number of hydrogen-bond donors (Lipinski definition) is 0. The van der Waals surface area contributed by atoms with Gasteiger partial charge in [-0.25, -0.2) is 4.98 Å². The van der Waals surface area contributed by atoms with Crippen LogP contribution in [-0.2, 0) is 6.42 Å². The van der Waals surface area contributed by atoms with E-state index < -0.39 is 0 Å². The van der Waals surface area contributed by atoms with Crippen molar-refractivity contribution in [3.63, 3.8) is 0 Å². The number of rotatable bonds is 4. The smallest absolute Gasteiger partial charge is 0.252 e. The summed E-state index contributed by atoms with van der Waals surface area (Å²) >= 11 is 0. The Morgan fingerprint density at radius 1 is 1.10 bits per heavy atom. The standard InChI is InChI=1S/C15H16N4O/c1-3-14-17-15-16-10-9-13(19(15)18-14)11-5-7-12(8-6-11)20-4-2/h5-10H,3-4H2,1-2H3. The summed E-state index contributed by atoms with van der Waals surface area (Å²) in [5.41, 5.74) is 2.04. The zero-order valence-electron chi connectivity index (χ0n) is 11.6. The van der Waals surface area contributed by atoms with Crippen molar-refractivity contribution in [2.75, 3.05) is 6.61 Å². The molecule has 2 aromatic heterocycles. The van der Waals surface area contributed by atoms with Gasteiger partial charge in [0.2, 0.25) is 0 Å². The Morgan fingerprint density at radius 3 is 2.60 bits per heavy atom. The van der Waals surface area contributed by atoms with Crippen LogP contribution < -0.4 is 4.74 Å². The number of ether oxygens (including phenoxy) is 1. The van der Waals surface area contributed by atoms with Crippen molar-refractivity contribution in [3.8, 4) is 17.0 Å². The molecule has 0 N–H and O–H groups in total. The van der Waals surface area contributed by atoms with Gasteiger partial charge in [0, 0.05) is 18.2 Å². The summed E-state index contributed by atoms with van der Waals surface area (Å²) in [7, 11) is 0. The molecule has 0 spiro atoms. The highest BCUT2D eigenvalue weighted by Crippen LogP contribution is 2.22. The zero-order chi connectivity index (χ0) is 13.9. The van der Waals surface area contributed by atoms with Gasteiger partial charge in [0.15, 0.2) is 5.82 Å². The van der Waals surface area contributed by atoms with E-state index in [4.69, 9.17) is 4.74 Å². The zero-order valence-corrected chi connectivity index (χ0v) is 11.6. The molecule has 0 fully saturated rings. The molecule has 0 unspecified atom stereocenters. The predicted molar refractivity (Wildman–Crippen MR) is 76.8 cm³/mol. The first-order valence-corrected chi connectivity index (χ1v) is 6.75. The van der Waals surface area contributed by atoms with E-state index in [2.05, 4.69) is 15.1 Å². The minimum atomic E-state index is 0.633. The summed E-state index contributed by atoms with van der Waals surface area (Å²) in [4.78, 5) is 8.63.